The summed E-state index contributed by atoms with van der Waals surface area (Å²) < 4.78 is 6.52. The smallest absolute Gasteiger partial charge is 0.257 e. The number of benzene rings is 2. The molecule has 0 aliphatic rings. The van der Waals surface area contributed by atoms with E-state index in [1.807, 2.05) is 18.2 Å². The van der Waals surface area contributed by atoms with Crippen LogP contribution in [0.5, 0.6) is 5.75 Å². The standard InChI is InChI=1S/C26H34BrN3O3S/c1-3-5-7-9-16-33-23-15-14-19(17-22(23)27)25(32)30-26(34)29-21-12-10-11-20(18-21)28-24(31)13-8-6-4-2/h10-12,14-15,17-18H,3-9,13,16H2,1-2H3,(H,28,31)(H2,29,30,32,34). The summed E-state index contributed by atoms with van der Waals surface area (Å²) in [5.41, 5.74) is 1.81. The summed E-state index contributed by atoms with van der Waals surface area (Å²) >= 11 is 8.78. The Morgan fingerprint density at radius 3 is 2.32 bits per heavy atom. The summed E-state index contributed by atoms with van der Waals surface area (Å²) in [5.74, 6) is 0.371. The van der Waals surface area contributed by atoms with E-state index in [2.05, 4.69) is 45.7 Å². The minimum atomic E-state index is -0.326. The normalized spacial score (nSPS) is 10.4. The molecule has 6 nitrogen and oxygen atoms in total. The average molecular weight is 549 g/mol. The number of amides is 2. The molecule has 2 amide bonds. The number of unbranched alkanes of at least 4 members (excludes halogenated alkanes) is 5. The van der Waals surface area contributed by atoms with Gasteiger partial charge in [0, 0.05) is 23.4 Å². The molecule has 0 aliphatic carbocycles. The van der Waals surface area contributed by atoms with Gasteiger partial charge in [-0.2, -0.15) is 0 Å². The van der Waals surface area contributed by atoms with Crippen molar-refractivity contribution in [2.24, 2.45) is 0 Å². The topological polar surface area (TPSA) is 79.5 Å². The molecule has 8 heteroatoms. The Balaban J connectivity index is 1.86. The number of anilines is 2. The van der Waals surface area contributed by atoms with Gasteiger partial charge in [-0.3, -0.25) is 14.9 Å². The van der Waals surface area contributed by atoms with Gasteiger partial charge < -0.3 is 15.4 Å². The largest absolute Gasteiger partial charge is 0.492 e. The first-order valence-electron chi connectivity index (χ1n) is 11.9. The van der Waals surface area contributed by atoms with Crippen molar-refractivity contribution in [3.05, 3.63) is 52.5 Å². The highest BCUT2D eigenvalue weighted by Gasteiger charge is 2.12. The van der Waals surface area contributed by atoms with Gasteiger partial charge in [0.25, 0.3) is 5.91 Å². The number of ether oxygens (including phenoxy) is 1. The zero-order valence-corrected chi connectivity index (χ0v) is 22.3. The molecular weight excluding hydrogens is 514 g/mol. The summed E-state index contributed by atoms with van der Waals surface area (Å²) in [6, 6.07) is 12.4. The molecule has 3 N–H and O–H groups in total. The lowest BCUT2D eigenvalue weighted by molar-refractivity contribution is -0.116. The molecule has 2 aromatic rings. The van der Waals surface area contributed by atoms with Gasteiger partial charge in [0.05, 0.1) is 11.1 Å². The van der Waals surface area contributed by atoms with Crippen LogP contribution in [-0.2, 0) is 4.79 Å². The molecule has 2 rings (SSSR count). The minimum Gasteiger partial charge on any atom is -0.492 e. The fourth-order valence-corrected chi connectivity index (χ4v) is 3.95. The van der Waals surface area contributed by atoms with E-state index in [1.54, 1.807) is 24.3 Å². The third-order valence-corrected chi connectivity index (χ3v) is 5.91. The summed E-state index contributed by atoms with van der Waals surface area (Å²) in [5, 5.41) is 8.74. The van der Waals surface area contributed by atoms with Crippen molar-refractivity contribution in [3.63, 3.8) is 0 Å². The predicted molar refractivity (Wildman–Crippen MR) is 147 cm³/mol. The maximum atomic E-state index is 12.6. The van der Waals surface area contributed by atoms with Gasteiger partial charge in [0.2, 0.25) is 5.91 Å². The second-order valence-corrected chi connectivity index (χ2v) is 9.31. The van der Waals surface area contributed by atoms with Gasteiger partial charge in [0.15, 0.2) is 5.11 Å². The molecule has 2 aromatic carbocycles. The Hall–Kier alpha value is -2.45. The molecule has 0 saturated carbocycles. The molecule has 0 aromatic heterocycles. The van der Waals surface area contributed by atoms with Crippen LogP contribution in [0.25, 0.3) is 0 Å². The second-order valence-electron chi connectivity index (χ2n) is 8.05. The first kappa shape index (κ1) is 27.8. The van der Waals surface area contributed by atoms with Crippen molar-refractivity contribution in [2.75, 3.05) is 17.2 Å². The third-order valence-electron chi connectivity index (χ3n) is 5.09. The Bertz CT molecular complexity index is 968. The Morgan fingerprint density at radius 1 is 0.912 bits per heavy atom. The highest BCUT2D eigenvalue weighted by Crippen LogP contribution is 2.26. The Kier molecular flexibility index (Phi) is 12.6. The van der Waals surface area contributed by atoms with Gasteiger partial charge in [-0.15, -0.1) is 0 Å². The molecule has 0 radical (unpaired) electrons. The molecule has 0 saturated heterocycles. The number of hydrogen-bond donors (Lipinski definition) is 3. The van der Waals surface area contributed by atoms with Crippen LogP contribution in [0.15, 0.2) is 46.9 Å². The van der Waals surface area contributed by atoms with Crippen molar-refractivity contribution in [1.29, 1.82) is 0 Å². The van der Waals surface area contributed by atoms with Crippen LogP contribution < -0.4 is 20.7 Å². The third kappa shape index (κ3) is 10.2. The van der Waals surface area contributed by atoms with Crippen molar-refractivity contribution in [3.8, 4) is 5.75 Å². The number of rotatable bonds is 13. The van der Waals surface area contributed by atoms with Crippen molar-refractivity contribution < 1.29 is 14.3 Å². The molecule has 0 spiro atoms. The first-order valence-corrected chi connectivity index (χ1v) is 13.1. The van der Waals surface area contributed by atoms with E-state index in [0.717, 1.165) is 36.6 Å². The van der Waals surface area contributed by atoms with Crippen molar-refractivity contribution in [1.82, 2.24) is 5.32 Å². The van der Waals surface area contributed by atoms with E-state index in [-0.39, 0.29) is 16.9 Å². The number of hydrogen-bond acceptors (Lipinski definition) is 4. The molecule has 0 atom stereocenters. The number of thiocarbonyl (C=S) groups is 1. The average Bonchev–Trinajstić information content (AvgIpc) is 2.80. The summed E-state index contributed by atoms with van der Waals surface area (Å²) in [6.45, 7) is 4.93. The maximum absolute atomic E-state index is 12.6. The molecular formula is C26H34BrN3O3S. The Labute approximate surface area is 216 Å². The first-order chi connectivity index (χ1) is 16.4. The van der Waals surface area contributed by atoms with E-state index in [0.29, 0.717) is 35.7 Å². The van der Waals surface area contributed by atoms with Crippen LogP contribution in [0.2, 0.25) is 0 Å². The Morgan fingerprint density at radius 2 is 1.62 bits per heavy atom. The molecule has 0 bridgehead atoms. The molecule has 0 aliphatic heterocycles. The SMILES string of the molecule is CCCCCCOc1ccc(C(=O)NC(=S)Nc2cccc(NC(=O)CCCCC)c2)cc1Br. The van der Waals surface area contributed by atoms with Gasteiger partial charge in [-0.25, -0.2) is 0 Å². The zero-order valence-electron chi connectivity index (χ0n) is 19.9. The van der Waals surface area contributed by atoms with Gasteiger partial charge in [-0.05, 0) is 77.4 Å². The highest BCUT2D eigenvalue weighted by atomic mass is 79.9. The van der Waals surface area contributed by atoms with Crippen LogP contribution in [0.1, 0.15) is 75.6 Å². The fraction of sp³-hybridized carbons (Fsp3) is 0.423. The lowest BCUT2D eigenvalue weighted by Gasteiger charge is -2.12. The number of nitrogens with one attached hydrogen (secondary N) is 3. The highest BCUT2D eigenvalue weighted by molar-refractivity contribution is 9.10. The second kappa shape index (κ2) is 15.5. The van der Waals surface area contributed by atoms with Crippen LogP contribution in [0.4, 0.5) is 11.4 Å². The maximum Gasteiger partial charge on any atom is 0.257 e. The van der Waals surface area contributed by atoms with Gasteiger partial charge in [-0.1, -0.05) is 52.0 Å². The van der Waals surface area contributed by atoms with E-state index in [1.165, 1.54) is 12.8 Å². The lowest BCUT2D eigenvalue weighted by Crippen LogP contribution is -2.34. The van der Waals surface area contributed by atoms with Crippen LogP contribution in [0, 0.1) is 0 Å². The van der Waals surface area contributed by atoms with E-state index < -0.39 is 0 Å². The number of carbonyl (C=O) groups excluding carboxylic acids is 2. The summed E-state index contributed by atoms with van der Waals surface area (Å²) in [4.78, 5) is 24.7. The molecule has 0 fully saturated rings. The van der Waals surface area contributed by atoms with Crippen molar-refractivity contribution in [2.45, 2.75) is 65.2 Å². The van der Waals surface area contributed by atoms with Crippen LogP contribution >= 0.6 is 28.1 Å². The zero-order chi connectivity index (χ0) is 24.8. The summed E-state index contributed by atoms with van der Waals surface area (Å²) in [6.07, 6.45) is 8.02. The van der Waals surface area contributed by atoms with E-state index in [4.69, 9.17) is 17.0 Å². The van der Waals surface area contributed by atoms with E-state index >= 15 is 0 Å². The van der Waals surface area contributed by atoms with Gasteiger partial charge in [0.1, 0.15) is 5.75 Å². The molecule has 34 heavy (non-hydrogen) atoms. The monoisotopic (exact) mass is 547 g/mol. The molecule has 184 valence electrons. The molecule has 0 heterocycles. The van der Waals surface area contributed by atoms with Crippen LogP contribution in [0.3, 0.4) is 0 Å². The number of halogens is 1. The van der Waals surface area contributed by atoms with E-state index in [9.17, 15) is 9.59 Å². The van der Waals surface area contributed by atoms with Crippen LogP contribution in [-0.4, -0.2) is 23.5 Å². The minimum absolute atomic E-state index is 0.0135. The van der Waals surface area contributed by atoms with Crippen molar-refractivity contribution >= 4 is 56.4 Å². The van der Waals surface area contributed by atoms with Gasteiger partial charge >= 0.3 is 0 Å². The fourth-order valence-electron chi connectivity index (χ4n) is 3.24. The lowest BCUT2D eigenvalue weighted by atomic mass is 10.2. The molecule has 0 unspecified atom stereocenters. The quantitative estimate of drug-likeness (QED) is 0.185. The predicted octanol–water partition coefficient (Wildman–Crippen LogP) is 7.05. The summed E-state index contributed by atoms with van der Waals surface area (Å²) in [7, 11) is 0. The number of carbonyl (C=O) groups is 2.